The molecule has 3 aromatic rings. The van der Waals surface area contributed by atoms with Gasteiger partial charge in [0.15, 0.2) is 5.82 Å². The lowest BCUT2D eigenvalue weighted by Crippen LogP contribution is -2.48. The highest BCUT2D eigenvalue weighted by atomic mass is 32.1. The van der Waals surface area contributed by atoms with E-state index in [0.29, 0.717) is 19.0 Å². The molecule has 1 fully saturated rings. The van der Waals surface area contributed by atoms with Crippen LogP contribution in [0.15, 0.2) is 52.1 Å². The van der Waals surface area contributed by atoms with Gasteiger partial charge in [-0.25, -0.2) is 0 Å². The Balaban J connectivity index is 1.38. The van der Waals surface area contributed by atoms with Crippen molar-refractivity contribution < 1.29 is 4.79 Å². The van der Waals surface area contributed by atoms with E-state index in [4.69, 9.17) is 0 Å². The van der Waals surface area contributed by atoms with Crippen molar-refractivity contribution in [1.29, 1.82) is 0 Å². The second kappa shape index (κ2) is 7.44. The molecule has 7 nitrogen and oxygen atoms in total. The second-order valence-corrected chi connectivity index (χ2v) is 8.47. The molecule has 2 aliphatic heterocycles. The number of anilines is 1. The van der Waals surface area contributed by atoms with Crippen molar-refractivity contribution in [3.05, 3.63) is 74.5 Å². The number of pyridine rings is 1. The lowest BCUT2D eigenvalue weighted by atomic mass is 9.83. The zero-order valence-corrected chi connectivity index (χ0v) is 16.6. The van der Waals surface area contributed by atoms with Gasteiger partial charge in [-0.15, -0.1) is 5.10 Å². The Bertz CT molecular complexity index is 1080. The minimum Gasteiger partial charge on any atom is -0.354 e. The van der Waals surface area contributed by atoms with Crippen molar-refractivity contribution in [3.63, 3.8) is 0 Å². The Morgan fingerprint density at radius 3 is 2.93 bits per heavy atom. The van der Waals surface area contributed by atoms with E-state index in [1.165, 1.54) is 0 Å². The first kappa shape index (κ1) is 18.1. The minimum absolute atomic E-state index is 0.187. The molecule has 1 amide bonds. The number of rotatable bonds is 4. The van der Waals surface area contributed by atoms with E-state index in [0.717, 1.165) is 36.6 Å². The van der Waals surface area contributed by atoms with Crippen LogP contribution >= 0.6 is 11.3 Å². The SMILES string of the molecule is O=C(NCc1ccsc1)c1ccc2n(c1=O)C[C@H]1C[C@@H]2CN(c2cccnn2)C1. The number of carbonyl (C=O) groups excluding carboxylic acids is 1. The van der Waals surface area contributed by atoms with Crippen molar-refractivity contribution in [2.24, 2.45) is 5.92 Å². The highest BCUT2D eigenvalue weighted by molar-refractivity contribution is 7.07. The van der Waals surface area contributed by atoms with Crippen LogP contribution in [0, 0.1) is 5.92 Å². The van der Waals surface area contributed by atoms with Crippen molar-refractivity contribution in [3.8, 4) is 0 Å². The third-order valence-corrected chi connectivity index (χ3v) is 6.50. The fraction of sp³-hybridized carbons (Fsp3) is 0.333. The molecular formula is C21H21N5O2S. The molecule has 1 saturated heterocycles. The summed E-state index contributed by atoms with van der Waals surface area (Å²) in [5.74, 6) is 1.17. The van der Waals surface area contributed by atoms with Gasteiger partial charge in [-0.2, -0.15) is 16.4 Å². The van der Waals surface area contributed by atoms with Gasteiger partial charge < -0.3 is 14.8 Å². The molecule has 29 heavy (non-hydrogen) atoms. The molecule has 3 aromatic heterocycles. The maximum absolute atomic E-state index is 13.1. The van der Waals surface area contributed by atoms with Gasteiger partial charge in [0.2, 0.25) is 0 Å². The molecule has 1 N–H and O–H groups in total. The standard InChI is InChI=1S/C21H21N5O2S/c27-20(22-9-14-5-7-29-13-14)17-3-4-18-16-8-15(11-26(18)21(17)28)10-25(12-16)19-2-1-6-23-24-19/h1-7,13,15-16H,8-12H2,(H,22,27)/t15-,16+/m0/s1. The van der Waals surface area contributed by atoms with Gasteiger partial charge in [0.05, 0.1) is 0 Å². The summed E-state index contributed by atoms with van der Waals surface area (Å²) in [6.07, 6.45) is 2.73. The number of nitrogens with one attached hydrogen (secondary N) is 1. The van der Waals surface area contributed by atoms with Crippen LogP contribution in [-0.4, -0.2) is 33.8 Å². The Kier molecular flexibility index (Phi) is 4.63. The van der Waals surface area contributed by atoms with Gasteiger partial charge in [-0.1, -0.05) is 0 Å². The quantitative estimate of drug-likeness (QED) is 0.718. The largest absolute Gasteiger partial charge is 0.354 e. The minimum atomic E-state index is -0.312. The molecule has 0 saturated carbocycles. The number of fused-ring (bicyclic) bond motifs is 4. The average molecular weight is 407 g/mol. The number of amides is 1. The predicted octanol–water partition coefficient (Wildman–Crippen LogP) is 2.25. The van der Waals surface area contributed by atoms with E-state index < -0.39 is 0 Å². The van der Waals surface area contributed by atoms with Crippen molar-refractivity contribution in [1.82, 2.24) is 20.1 Å². The summed E-state index contributed by atoms with van der Waals surface area (Å²) in [7, 11) is 0. The topological polar surface area (TPSA) is 80.1 Å². The smallest absolute Gasteiger partial charge is 0.263 e. The van der Waals surface area contributed by atoms with E-state index >= 15 is 0 Å². The number of hydrogen-bond donors (Lipinski definition) is 1. The summed E-state index contributed by atoms with van der Waals surface area (Å²) in [6.45, 7) is 2.71. The predicted molar refractivity (Wildman–Crippen MR) is 111 cm³/mol. The van der Waals surface area contributed by atoms with Gasteiger partial charge in [0, 0.05) is 44.0 Å². The highest BCUT2D eigenvalue weighted by Crippen LogP contribution is 2.36. The molecule has 0 aliphatic carbocycles. The van der Waals surface area contributed by atoms with E-state index in [9.17, 15) is 9.59 Å². The summed E-state index contributed by atoms with van der Waals surface area (Å²) in [6, 6.07) is 9.46. The first-order chi connectivity index (χ1) is 14.2. The van der Waals surface area contributed by atoms with Gasteiger partial charge in [0.1, 0.15) is 5.56 Å². The number of thiophene rings is 1. The van der Waals surface area contributed by atoms with Gasteiger partial charge in [-0.05, 0) is 59.0 Å². The maximum atomic E-state index is 13.1. The van der Waals surface area contributed by atoms with Gasteiger partial charge in [0.25, 0.3) is 11.5 Å². The molecule has 2 aliphatic rings. The van der Waals surface area contributed by atoms with Crippen LogP contribution < -0.4 is 15.8 Å². The van der Waals surface area contributed by atoms with Crippen molar-refractivity contribution >= 4 is 23.1 Å². The maximum Gasteiger partial charge on any atom is 0.263 e. The third-order valence-electron chi connectivity index (χ3n) is 5.76. The molecular weight excluding hydrogens is 386 g/mol. The summed E-state index contributed by atoms with van der Waals surface area (Å²) in [5, 5.41) is 15.0. The zero-order chi connectivity index (χ0) is 19.8. The molecule has 0 radical (unpaired) electrons. The molecule has 2 atom stereocenters. The summed E-state index contributed by atoms with van der Waals surface area (Å²) in [5.41, 5.74) is 2.08. The first-order valence-electron chi connectivity index (χ1n) is 9.74. The number of hydrogen-bond acceptors (Lipinski definition) is 6. The van der Waals surface area contributed by atoms with Gasteiger partial charge >= 0.3 is 0 Å². The molecule has 0 spiro atoms. The van der Waals surface area contributed by atoms with Crippen molar-refractivity contribution in [2.45, 2.75) is 25.4 Å². The average Bonchev–Trinajstić information content (AvgIpc) is 3.27. The molecule has 2 bridgehead atoms. The molecule has 5 heterocycles. The lowest BCUT2D eigenvalue weighted by molar-refractivity contribution is 0.0948. The van der Waals surface area contributed by atoms with Crippen LogP contribution in [0.5, 0.6) is 0 Å². The Morgan fingerprint density at radius 2 is 2.14 bits per heavy atom. The number of carbonyl (C=O) groups is 1. The second-order valence-electron chi connectivity index (χ2n) is 7.69. The van der Waals surface area contributed by atoms with Crippen LogP contribution in [-0.2, 0) is 13.1 Å². The molecule has 5 rings (SSSR count). The summed E-state index contributed by atoms with van der Waals surface area (Å²) >= 11 is 1.59. The fourth-order valence-electron chi connectivity index (χ4n) is 4.44. The van der Waals surface area contributed by atoms with Crippen molar-refractivity contribution in [2.75, 3.05) is 18.0 Å². The molecule has 148 valence electrons. The van der Waals surface area contributed by atoms with Crippen LogP contribution in [0.1, 0.15) is 34.0 Å². The Morgan fingerprint density at radius 1 is 1.21 bits per heavy atom. The monoisotopic (exact) mass is 407 g/mol. The number of nitrogens with zero attached hydrogens (tertiary/aromatic N) is 4. The number of aromatic nitrogens is 3. The fourth-order valence-corrected chi connectivity index (χ4v) is 5.11. The Labute approximate surface area is 172 Å². The molecule has 8 heteroatoms. The van der Waals surface area contributed by atoms with Crippen LogP contribution in [0.25, 0.3) is 0 Å². The lowest BCUT2D eigenvalue weighted by Gasteiger charge is -2.43. The van der Waals surface area contributed by atoms with Crippen LogP contribution in [0.4, 0.5) is 5.82 Å². The number of piperidine rings is 1. The van der Waals surface area contributed by atoms with E-state index in [1.54, 1.807) is 23.6 Å². The summed E-state index contributed by atoms with van der Waals surface area (Å²) in [4.78, 5) is 27.9. The molecule has 0 aromatic carbocycles. The molecule has 0 unspecified atom stereocenters. The van der Waals surface area contributed by atoms with E-state index in [2.05, 4.69) is 20.4 Å². The highest BCUT2D eigenvalue weighted by Gasteiger charge is 2.35. The first-order valence-corrected chi connectivity index (χ1v) is 10.7. The van der Waals surface area contributed by atoms with E-state index in [1.807, 2.05) is 39.6 Å². The van der Waals surface area contributed by atoms with Crippen LogP contribution in [0.2, 0.25) is 0 Å². The third kappa shape index (κ3) is 3.44. The van der Waals surface area contributed by atoms with E-state index in [-0.39, 0.29) is 22.9 Å². The van der Waals surface area contributed by atoms with Gasteiger partial charge in [-0.3, -0.25) is 9.59 Å². The van der Waals surface area contributed by atoms with Crippen LogP contribution in [0.3, 0.4) is 0 Å². The normalized spacial score (nSPS) is 20.2. The zero-order valence-electron chi connectivity index (χ0n) is 15.8. The Hall–Kier alpha value is -3.00. The summed E-state index contributed by atoms with van der Waals surface area (Å²) < 4.78 is 1.81.